The Hall–Kier alpha value is -2.48. The first-order chi connectivity index (χ1) is 8.45. The number of aromatic hydroxyl groups is 2. The third-order valence-electron chi connectivity index (χ3n) is 2.03. The molecular weight excluding hydrogens is 234 g/mol. The van der Waals surface area contributed by atoms with E-state index in [1.807, 2.05) is 0 Å². The molecule has 18 heavy (non-hydrogen) atoms. The Bertz CT molecular complexity index is 526. The molecule has 0 bridgehead atoms. The number of nitriles is 1. The lowest BCUT2D eigenvalue weighted by molar-refractivity contribution is -0.142. The maximum Gasteiger partial charge on any atom is 0.349 e. The molecule has 0 radical (unpaired) electrons. The number of benzene rings is 1. The van der Waals surface area contributed by atoms with Gasteiger partial charge in [0, 0.05) is 5.56 Å². The van der Waals surface area contributed by atoms with Crippen LogP contribution in [0.3, 0.4) is 0 Å². The fraction of sp³-hybridized carbons (Fsp3) is 0.231. The number of para-hydroxylation sites is 1. The van der Waals surface area contributed by atoms with E-state index in [2.05, 4.69) is 0 Å². The molecule has 5 heteroatoms. The highest BCUT2D eigenvalue weighted by molar-refractivity contribution is 5.98. The molecule has 0 spiro atoms. The van der Waals surface area contributed by atoms with E-state index in [9.17, 15) is 15.0 Å². The average Bonchev–Trinajstić information content (AvgIpc) is 2.30. The first-order valence-electron chi connectivity index (χ1n) is 5.29. The predicted molar refractivity (Wildman–Crippen MR) is 64.6 cm³/mol. The molecular formula is C13H13NO4. The third kappa shape index (κ3) is 3.25. The molecule has 0 unspecified atom stereocenters. The van der Waals surface area contributed by atoms with Crippen LogP contribution in [0.1, 0.15) is 19.4 Å². The van der Waals surface area contributed by atoms with Crippen LogP contribution in [0.4, 0.5) is 0 Å². The first-order valence-corrected chi connectivity index (χ1v) is 5.29. The van der Waals surface area contributed by atoms with Crippen molar-refractivity contribution < 1.29 is 19.7 Å². The summed E-state index contributed by atoms with van der Waals surface area (Å²) in [5.41, 5.74) is -0.0724. The van der Waals surface area contributed by atoms with Gasteiger partial charge in [0.2, 0.25) is 0 Å². The molecule has 0 aromatic heterocycles. The second kappa shape index (κ2) is 5.73. The van der Waals surface area contributed by atoms with Gasteiger partial charge >= 0.3 is 5.97 Å². The van der Waals surface area contributed by atoms with Gasteiger partial charge in [-0.3, -0.25) is 0 Å². The normalized spacial score (nSPS) is 11.1. The molecule has 0 saturated carbocycles. The van der Waals surface area contributed by atoms with Gasteiger partial charge in [-0.05, 0) is 26.0 Å². The maximum atomic E-state index is 11.5. The van der Waals surface area contributed by atoms with E-state index in [1.165, 1.54) is 24.3 Å². The van der Waals surface area contributed by atoms with Gasteiger partial charge in [-0.1, -0.05) is 12.1 Å². The highest BCUT2D eigenvalue weighted by Crippen LogP contribution is 2.29. The number of esters is 1. The topological polar surface area (TPSA) is 90.6 Å². The smallest absolute Gasteiger partial charge is 0.349 e. The number of phenols is 2. The van der Waals surface area contributed by atoms with Crippen molar-refractivity contribution in [1.82, 2.24) is 0 Å². The Labute approximate surface area is 105 Å². The van der Waals surface area contributed by atoms with Crippen LogP contribution in [0, 0.1) is 11.3 Å². The van der Waals surface area contributed by atoms with Crippen LogP contribution in [0.25, 0.3) is 6.08 Å². The van der Waals surface area contributed by atoms with Crippen molar-refractivity contribution in [2.24, 2.45) is 0 Å². The SMILES string of the molecule is CC(C)OC(=O)C(C#N)=Cc1cccc(O)c1O. The van der Waals surface area contributed by atoms with Crippen LogP contribution in [0.2, 0.25) is 0 Å². The molecule has 5 nitrogen and oxygen atoms in total. The fourth-order valence-electron chi connectivity index (χ4n) is 1.24. The van der Waals surface area contributed by atoms with Gasteiger partial charge in [-0.15, -0.1) is 0 Å². The minimum atomic E-state index is -0.768. The number of hydrogen-bond donors (Lipinski definition) is 2. The molecule has 0 saturated heterocycles. The zero-order chi connectivity index (χ0) is 13.7. The third-order valence-corrected chi connectivity index (χ3v) is 2.03. The summed E-state index contributed by atoms with van der Waals surface area (Å²) < 4.78 is 4.87. The molecule has 0 aliphatic carbocycles. The van der Waals surface area contributed by atoms with E-state index in [0.29, 0.717) is 0 Å². The average molecular weight is 247 g/mol. The molecule has 1 aromatic rings. The maximum absolute atomic E-state index is 11.5. The Morgan fingerprint density at radius 1 is 1.44 bits per heavy atom. The number of carbonyl (C=O) groups excluding carboxylic acids is 1. The molecule has 1 rings (SSSR count). The van der Waals surface area contributed by atoms with Gasteiger partial charge in [0.15, 0.2) is 11.5 Å². The summed E-state index contributed by atoms with van der Waals surface area (Å²) in [7, 11) is 0. The van der Waals surface area contributed by atoms with Gasteiger partial charge in [-0.25, -0.2) is 4.79 Å². The van der Waals surface area contributed by atoms with Gasteiger partial charge in [0.25, 0.3) is 0 Å². The molecule has 1 aromatic carbocycles. The van der Waals surface area contributed by atoms with Gasteiger partial charge < -0.3 is 14.9 Å². The summed E-state index contributed by atoms with van der Waals surface area (Å²) in [5.74, 6) is -1.48. The zero-order valence-corrected chi connectivity index (χ0v) is 10.0. The lowest BCUT2D eigenvalue weighted by Gasteiger charge is -2.07. The monoisotopic (exact) mass is 247 g/mol. The van der Waals surface area contributed by atoms with Crippen LogP contribution in [-0.4, -0.2) is 22.3 Å². The van der Waals surface area contributed by atoms with Crippen LogP contribution in [-0.2, 0) is 9.53 Å². The van der Waals surface area contributed by atoms with Crippen molar-refractivity contribution in [2.45, 2.75) is 20.0 Å². The van der Waals surface area contributed by atoms with Crippen molar-refractivity contribution in [3.63, 3.8) is 0 Å². The lowest BCUT2D eigenvalue weighted by Crippen LogP contribution is -2.12. The van der Waals surface area contributed by atoms with E-state index in [1.54, 1.807) is 19.9 Å². The highest BCUT2D eigenvalue weighted by atomic mass is 16.5. The van der Waals surface area contributed by atoms with Crippen molar-refractivity contribution in [3.05, 3.63) is 29.3 Å². The Morgan fingerprint density at radius 3 is 2.67 bits per heavy atom. The van der Waals surface area contributed by atoms with Crippen molar-refractivity contribution >= 4 is 12.0 Å². The summed E-state index contributed by atoms with van der Waals surface area (Å²) in [6.45, 7) is 3.33. The molecule has 0 fully saturated rings. The molecule has 94 valence electrons. The number of carbonyl (C=O) groups is 1. The zero-order valence-electron chi connectivity index (χ0n) is 10.0. The molecule has 0 amide bonds. The number of rotatable bonds is 3. The standard InChI is InChI=1S/C13H13NO4/c1-8(2)18-13(17)10(7-14)6-9-4-3-5-11(15)12(9)16/h3-6,8,15-16H,1-2H3. The van der Waals surface area contributed by atoms with Crippen LogP contribution < -0.4 is 0 Å². The highest BCUT2D eigenvalue weighted by Gasteiger charge is 2.14. The number of nitrogens with zero attached hydrogens (tertiary/aromatic N) is 1. The minimum Gasteiger partial charge on any atom is -0.504 e. The van der Waals surface area contributed by atoms with Crippen molar-refractivity contribution in [1.29, 1.82) is 5.26 Å². The van der Waals surface area contributed by atoms with Crippen molar-refractivity contribution in [3.8, 4) is 17.6 Å². The molecule has 2 N–H and O–H groups in total. The summed E-state index contributed by atoms with van der Waals surface area (Å²) in [6.07, 6.45) is 0.826. The van der Waals surface area contributed by atoms with E-state index in [0.717, 1.165) is 0 Å². The van der Waals surface area contributed by atoms with Gasteiger partial charge in [0.05, 0.1) is 6.10 Å². The first kappa shape index (κ1) is 13.6. The van der Waals surface area contributed by atoms with E-state index < -0.39 is 5.97 Å². The summed E-state index contributed by atoms with van der Waals surface area (Å²) in [4.78, 5) is 11.5. The quantitative estimate of drug-likeness (QED) is 0.369. The summed E-state index contributed by atoms with van der Waals surface area (Å²) >= 11 is 0. The van der Waals surface area contributed by atoms with Crippen molar-refractivity contribution in [2.75, 3.05) is 0 Å². The number of hydrogen-bond acceptors (Lipinski definition) is 5. The van der Waals surface area contributed by atoms with Gasteiger partial charge in [-0.2, -0.15) is 5.26 Å². The molecule has 0 atom stereocenters. The van der Waals surface area contributed by atoms with E-state index in [-0.39, 0.29) is 28.7 Å². The van der Waals surface area contributed by atoms with E-state index >= 15 is 0 Å². The molecule has 0 heterocycles. The minimum absolute atomic E-state index is 0.173. The predicted octanol–water partition coefficient (Wildman–Crippen LogP) is 1.96. The Morgan fingerprint density at radius 2 is 2.11 bits per heavy atom. The van der Waals surface area contributed by atoms with Gasteiger partial charge in [0.1, 0.15) is 11.6 Å². The Kier molecular flexibility index (Phi) is 4.33. The molecule has 0 aliphatic heterocycles. The van der Waals surface area contributed by atoms with E-state index in [4.69, 9.17) is 10.00 Å². The molecule has 0 aliphatic rings. The number of ether oxygens (including phenoxy) is 1. The lowest BCUT2D eigenvalue weighted by atomic mass is 10.1. The van der Waals surface area contributed by atoms with Crippen LogP contribution in [0.5, 0.6) is 11.5 Å². The number of phenolic OH excluding ortho intramolecular Hbond substituents is 2. The Balaban J connectivity index is 3.09. The summed E-state index contributed by atoms with van der Waals surface area (Å²) in [5, 5.41) is 27.7. The largest absolute Gasteiger partial charge is 0.504 e. The fourth-order valence-corrected chi connectivity index (χ4v) is 1.24. The van der Waals surface area contributed by atoms with Crippen LogP contribution in [0.15, 0.2) is 23.8 Å². The van der Waals surface area contributed by atoms with Crippen LogP contribution >= 0.6 is 0 Å². The summed E-state index contributed by atoms with van der Waals surface area (Å²) in [6, 6.07) is 5.95. The second-order valence-electron chi connectivity index (χ2n) is 3.84. The second-order valence-corrected chi connectivity index (χ2v) is 3.84.